The van der Waals surface area contributed by atoms with Crippen molar-refractivity contribution in [1.82, 2.24) is 5.48 Å². The summed E-state index contributed by atoms with van der Waals surface area (Å²) >= 11 is 0. The van der Waals surface area contributed by atoms with E-state index in [1.807, 2.05) is 0 Å². The van der Waals surface area contributed by atoms with E-state index in [2.05, 4.69) is 10.3 Å². The largest absolute Gasteiger partial charge is 0.305 e. The molecular weight excluding hydrogens is 176 g/mol. The molecule has 1 rings (SSSR count). The molecule has 1 N–H and O–H groups in total. The van der Waals surface area contributed by atoms with Gasteiger partial charge in [-0.2, -0.15) is 5.48 Å². The zero-order valence-electron chi connectivity index (χ0n) is 7.53. The maximum absolute atomic E-state index is 13.0. The van der Waals surface area contributed by atoms with Crippen molar-refractivity contribution in [2.75, 3.05) is 7.11 Å². The van der Waals surface area contributed by atoms with Crippen LogP contribution in [0.4, 0.5) is 8.78 Å². The lowest BCUT2D eigenvalue weighted by atomic mass is 10.1. The molecule has 4 heteroatoms. The van der Waals surface area contributed by atoms with Crippen LogP contribution in [0.25, 0.3) is 0 Å². The SMILES string of the molecule is CONCc1cc(F)c(C)c(F)c1. The minimum atomic E-state index is -0.534. The Morgan fingerprint density at radius 1 is 1.31 bits per heavy atom. The normalized spacial score (nSPS) is 10.5. The quantitative estimate of drug-likeness (QED) is 0.730. The summed E-state index contributed by atoms with van der Waals surface area (Å²) in [6.45, 7) is 1.68. The first-order valence-electron chi connectivity index (χ1n) is 3.85. The van der Waals surface area contributed by atoms with Crippen LogP contribution in [0.1, 0.15) is 11.1 Å². The molecule has 0 fully saturated rings. The monoisotopic (exact) mass is 187 g/mol. The summed E-state index contributed by atoms with van der Waals surface area (Å²) in [4.78, 5) is 4.56. The van der Waals surface area contributed by atoms with Crippen molar-refractivity contribution < 1.29 is 13.6 Å². The van der Waals surface area contributed by atoms with E-state index in [0.717, 1.165) is 0 Å². The van der Waals surface area contributed by atoms with E-state index in [1.54, 1.807) is 0 Å². The summed E-state index contributed by atoms with van der Waals surface area (Å²) in [5, 5.41) is 0. The van der Waals surface area contributed by atoms with Crippen LogP contribution in [0, 0.1) is 18.6 Å². The third kappa shape index (κ3) is 2.47. The molecular formula is C9H11F2NO. The van der Waals surface area contributed by atoms with Gasteiger partial charge in [0.2, 0.25) is 0 Å². The minimum Gasteiger partial charge on any atom is -0.305 e. The highest BCUT2D eigenvalue weighted by Gasteiger charge is 2.05. The Kier molecular flexibility index (Phi) is 3.33. The molecule has 0 saturated carbocycles. The third-order valence-electron chi connectivity index (χ3n) is 1.76. The molecule has 0 heterocycles. The van der Waals surface area contributed by atoms with Crippen LogP contribution >= 0.6 is 0 Å². The summed E-state index contributed by atoms with van der Waals surface area (Å²) in [7, 11) is 1.45. The van der Waals surface area contributed by atoms with Crippen LogP contribution < -0.4 is 5.48 Å². The van der Waals surface area contributed by atoms with E-state index in [1.165, 1.54) is 26.2 Å². The first kappa shape index (κ1) is 10.1. The maximum atomic E-state index is 13.0. The van der Waals surface area contributed by atoms with Crippen molar-refractivity contribution in [3.05, 3.63) is 34.9 Å². The summed E-state index contributed by atoms with van der Waals surface area (Å²) in [6.07, 6.45) is 0. The highest BCUT2D eigenvalue weighted by molar-refractivity contribution is 5.24. The molecule has 0 aromatic heterocycles. The van der Waals surface area contributed by atoms with Crippen molar-refractivity contribution in [3.8, 4) is 0 Å². The average Bonchev–Trinajstić information content (AvgIpc) is 2.10. The first-order valence-corrected chi connectivity index (χ1v) is 3.85. The van der Waals surface area contributed by atoms with Gasteiger partial charge in [0, 0.05) is 12.1 Å². The fraction of sp³-hybridized carbons (Fsp3) is 0.333. The Balaban J connectivity index is 2.86. The van der Waals surface area contributed by atoms with Gasteiger partial charge in [-0.15, -0.1) is 0 Å². The zero-order valence-corrected chi connectivity index (χ0v) is 7.53. The van der Waals surface area contributed by atoms with Crippen molar-refractivity contribution in [2.45, 2.75) is 13.5 Å². The lowest BCUT2D eigenvalue weighted by molar-refractivity contribution is 0.0866. The van der Waals surface area contributed by atoms with Crippen LogP contribution in [0.2, 0.25) is 0 Å². The second kappa shape index (κ2) is 4.30. The summed E-state index contributed by atoms with van der Waals surface area (Å²) in [5.41, 5.74) is 3.06. The van der Waals surface area contributed by atoms with Crippen LogP contribution in [-0.4, -0.2) is 7.11 Å². The maximum Gasteiger partial charge on any atom is 0.129 e. The molecule has 2 nitrogen and oxygen atoms in total. The van der Waals surface area contributed by atoms with Gasteiger partial charge in [0.05, 0.1) is 7.11 Å². The molecule has 1 aromatic carbocycles. The molecule has 0 saturated heterocycles. The molecule has 13 heavy (non-hydrogen) atoms. The van der Waals surface area contributed by atoms with Crippen molar-refractivity contribution in [1.29, 1.82) is 0 Å². The average molecular weight is 187 g/mol. The Morgan fingerprint density at radius 2 is 1.85 bits per heavy atom. The van der Waals surface area contributed by atoms with Gasteiger partial charge in [0.25, 0.3) is 0 Å². The van der Waals surface area contributed by atoms with E-state index in [9.17, 15) is 8.78 Å². The number of rotatable bonds is 3. The van der Waals surface area contributed by atoms with E-state index >= 15 is 0 Å². The van der Waals surface area contributed by atoms with Gasteiger partial charge in [-0.25, -0.2) is 8.78 Å². The molecule has 0 bridgehead atoms. The molecule has 0 aliphatic rings. The molecule has 0 aliphatic heterocycles. The fourth-order valence-electron chi connectivity index (χ4n) is 0.955. The number of benzene rings is 1. The number of nitrogens with one attached hydrogen (secondary N) is 1. The van der Waals surface area contributed by atoms with Crippen LogP contribution in [0.3, 0.4) is 0 Å². The Hall–Kier alpha value is -1.00. The molecule has 0 aliphatic carbocycles. The van der Waals surface area contributed by atoms with Gasteiger partial charge in [-0.05, 0) is 24.6 Å². The second-order valence-electron chi connectivity index (χ2n) is 2.71. The first-order chi connectivity index (χ1) is 6.15. The van der Waals surface area contributed by atoms with Gasteiger partial charge in [0.15, 0.2) is 0 Å². The van der Waals surface area contributed by atoms with Crippen molar-refractivity contribution >= 4 is 0 Å². The number of hydrogen-bond acceptors (Lipinski definition) is 2. The molecule has 0 atom stereocenters. The molecule has 0 radical (unpaired) electrons. The van der Waals surface area contributed by atoms with Gasteiger partial charge < -0.3 is 4.84 Å². The number of hydroxylamine groups is 1. The van der Waals surface area contributed by atoms with E-state index < -0.39 is 11.6 Å². The summed E-state index contributed by atoms with van der Waals surface area (Å²) < 4.78 is 25.9. The minimum absolute atomic E-state index is 0.0427. The van der Waals surface area contributed by atoms with Gasteiger partial charge >= 0.3 is 0 Å². The lowest BCUT2D eigenvalue weighted by Gasteiger charge is -2.04. The third-order valence-corrected chi connectivity index (χ3v) is 1.76. The highest BCUT2D eigenvalue weighted by Crippen LogP contribution is 2.13. The second-order valence-corrected chi connectivity index (χ2v) is 2.71. The predicted octanol–water partition coefficient (Wildman–Crippen LogP) is 1.92. The standard InChI is InChI=1S/C9H11F2NO/c1-6-8(10)3-7(4-9(6)11)5-12-13-2/h3-4,12H,5H2,1-2H3. The lowest BCUT2D eigenvalue weighted by Crippen LogP contribution is -2.11. The predicted molar refractivity (Wildman–Crippen MR) is 44.9 cm³/mol. The van der Waals surface area contributed by atoms with Crippen LogP contribution in [-0.2, 0) is 11.4 Å². The molecule has 0 amide bonds. The van der Waals surface area contributed by atoms with E-state index in [0.29, 0.717) is 5.56 Å². The Bertz CT molecular complexity index is 279. The topological polar surface area (TPSA) is 21.3 Å². The van der Waals surface area contributed by atoms with Crippen LogP contribution in [0.15, 0.2) is 12.1 Å². The van der Waals surface area contributed by atoms with Crippen molar-refractivity contribution in [2.24, 2.45) is 0 Å². The van der Waals surface area contributed by atoms with Gasteiger partial charge in [0.1, 0.15) is 11.6 Å². The smallest absolute Gasteiger partial charge is 0.129 e. The van der Waals surface area contributed by atoms with Gasteiger partial charge in [-0.3, -0.25) is 0 Å². The number of halogens is 2. The number of hydrogen-bond donors (Lipinski definition) is 1. The zero-order chi connectivity index (χ0) is 9.84. The fourth-order valence-corrected chi connectivity index (χ4v) is 0.955. The Morgan fingerprint density at radius 3 is 2.31 bits per heavy atom. The molecule has 72 valence electrons. The van der Waals surface area contributed by atoms with E-state index in [4.69, 9.17) is 0 Å². The highest BCUT2D eigenvalue weighted by atomic mass is 19.1. The summed E-state index contributed by atoms with van der Waals surface area (Å²) in [6, 6.07) is 2.56. The Labute approximate surface area is 75.5 Å². The molecule has 0 unspecified atom stereocenters. The van der Waals surface area contributed by atoms with E-state index in [-0.39, 0.29) is 12.1 Å². The van der Waals surface area contributed by atoms with Crippen LogP contribution in [0.5, 0.6) is 0 Å². The summed E-state index contributed by atoms with van der Waals surface area (Å²) in [5.74, 6) is -1.07. The molecule has 1 aromatic rings. The van der Waals surface area contributed by atoms with Crippen molar-refractivity contribution in [3.63, 3.8) is 0 Å². The molecule has 0 spiro atoms. The van der Waals surface area contributed by atoms with Gasteiger partial charge in [-0.1, -0.05) is 0 Å².